The number of halogens is 2. The highest BCUT2D eigenvalue weighted by molar-refractivity contribution is 7.57. The number of hydrogen-bond donors (Lipinski definition) is 4. The van der Waals surface area contributed by atoms with E-state index in [1.54, 1.807) is 17.1 Å². The van der Waals surface area contributed by atoms with E-state index < -0.39 is 43.3 Å². The van der Waals surface area contributed by atoms with Crippen LogP contribution < -0.4 is 26.0 Å². The predicted molar refractivity (Wildman–Crippen MR) is 159 cm³/mol. The fourth-order valence-corrected chi connectivity index (χ4v) is 5.94. The van der Waals surface area contributed by atoms with E-state index in [0.717, 1.165) is 4.57 Å². The number of nitrogens with zero attached hydrogens (tertiary/aromatic N) is 4. The molecule has 44 heavy (non-hydrogen) atoms. The molecule has 0 aliphatic carbocycles. The summed E-state index contributed by atoms with van der Waals surface area (Å²) in [6, 6.07) is 6.74. The van der Waals surface area contributed by atoms with Gasteiger partial charge in [0.2, 0.25) is 5.91 Å². The molecule has 0 radical (unpaired) electrons. The molecule has 3 aromatic rings. The van der Waals surface area contributed by atoms with Gasteiger partial charge < -0.3 is 26.0 Å². The Balaban J connectivity index is 1.34. The highest BCUT2D eigenvalue weighted by atomic mass is 35.5. The molecular weight excluding hydrogens is 620 g/mol. The Bertz CT molecular complexity index is 1700. The Morgan fingerprint density at radius 1 is 1.18 bits per heavy atom. The molecule has 5 rings (SSSR count). The van der Waals surface area contributed by atoms with Crippen LogP contribution in [0.25, 0.3) is 10.9 Å². The first kappa shape index (κ1) is 31.3. The molecule has 1 aromatic heterocycles. The molecule has 2 aliphatic rings. The van der Waals surface area contributed by atoms with Crippen molar-refractivity contribution in [2.45, 2.75) is 19.0 Å². The monoisotopic (exact) mass is 649 g/mol. The van der Waals surface area contributed by atoms with Crippen LogP contribution in [-0.4, -0.2) is 88.6 Å². The van der Waals surface area contributed by atoms with Gasteiger partial charge in [0.15, 0.2) is 7.37 Å². The summed E-state index contributed by atoms with van der Waals surface area (Å²) in [6.45, 7) is 2.11. The number of urea groups is 1. The van der Waals surface area contributed by atoms with Crippen molar-refractivity contribution in [3.63, 3.8) is 0 Å². The molecule has 2 aromatic carbocycles. The second-order valence-corrected chi connectivity index (χ2v) is 13.4. The van der Waals surface area contributed by atoms with Crippen LogP contribution in [0.1, 0.15) is 12.0 Å². The number of nitrogens with two attached hydrogens (primary N) is 1. The van der Waals surface area contributed by atoms with E-state index in [4.69, 9.17) is 22.1 Å². The van der Waals surface area contributed by atoms with Gasteiger partial charge in [-0.25, -0.2) is 28.8 Å². The Morgan fingerprint density at radius 2 is 1.95 bits per heavy atom. The molecule has 5 amide bonds. The number of amides is 5. The fourth-order valence-electron chi connectivity index (χ4n) is 5.22. The second-order valence-electron chi connectivity index (χ2n) is 10.5. The van der Waals surface area contributed by atoms with Gasteiger partial charge in [0.05, 0.1) is 16.2 Å². The van der Waals surface area contributed by atoms with E-state index in [1.807, 2.05) is 0 Å². The zero-order valence-corrected chi connectivity index (χ0v) is 25.2. The number of anilines is 1. The first-order valence-corrected chi connectivity index (χ1v) is 16.3. The maximum atomic E-state index is 14.3. The standard InChI is InChI=1S/C27H30ClFN7O7P/c1-44(41,42)12-8-31-26(39)43-17-5-6-18-21(13-17)35(25(30)38)15-22(18)34-11-10-33-9-7-20(36(33)27(34)40)24(37)32-14-16-3-2-4-19(28)23(16)29/h2-6,13,15,20H,7-12,14H2,1H3,(H2,30,38)(H,31,39)(H,32,37)(H,41,42)/t20-/m0/s1. The molecule has 5 N–H and O–H groups in total. The number of carbonyl (C=O) groups excluding carboxylic acids is 4. The zero-order chi connectivity index (χ0) is 31.8. The Labute approximate surface area is 255 Å². The molecule has 2 atom stereocenters. The summed E-state index contributed by atoms with van der Waals surface area (Å²) in [5.74, 6) is -1.02. The number of primary amides is 1. The van der Waals surface area contributed by atoms with Crippen molar-refractivity contribution in [1.29, 1.82) is 0 Å². The molecule has 2 saturated heterocycles. The van der Waals surface area contributed by atoms with Gasteiger partial charge in [-0.05, 0) is 24.6 Å². The number of fused-ring (bicyclic) bond motifs is 2. The van der Waals surface area contributed by atoms with Gasteiger partial charge in [-0.2, -0.15) is 0 Å². The van der Waals surface area contributed by atoms with Crippen LogP contribution >= 0.6 is 19.0 Å². The van der Waals surface area contributed by atoms with Crippen molar-refractivity contribution in [3.05, 3.63) is 59.0 Å². The maximum absolute atomic E-state index is 14.3. The zero-order valence-electron chi connectivity index (χ0n) is 23.5. The summed E-state index contributed by atoms with van der Waals surface area (Å²) >= 11 is 5.84. The lowest BCUT2D eigenvalue weighted by Gasteiger charge is -2.41. The number of benzene rings is 2. The first-order valence-electron chi connectivity index (χ1n) is 13.6. The Kier molecular flexibility index (Phi) is 8.84. The van der Waals surface area contributed by atoms with Gasteiger partial charge in [0, 0.05) is 68.8 Å². The van der Waals surface area contributed by atoms with Crippen LogP contribution in [0.15, 0.2) is 42.6 Å². The fraction of sp³-hybridized carbons (Fsp3) is 0.333. The van der Waals surface area contributed by atoms with E-state index in [9.17, 15) is 33.0 Å². The molecule has 0 spiro atoms. The highest BCUT2D eigenvalue weighted by Crippen LogP contribution is 2.36. The third-order valence-corrected chi connectivity index (χ3v) is 8.69. The van der Waals surface area contributed by atoms with Crippen LogP contribution in [-0.2, 0) is 15.9 Å². The normalized spacial score (nSPS) is 18.2. The molecule has 0 saturated carbocycles. The number of carbonyl (C=O) groups is 4. The summed E-state index contributed by atoms with van der Waals surface area (Å²) in [6.07, 6.45) is 0.773. The minimum Gasteiger partial charge on any atom is -0.410 e. The van der Waals surface area contributed by atoms with Gasteiger partial charge in [-0.3, -0.25) is 18.8 Å². The van der Waals surface area contributed by atoms with Crippen molar-refractivity contribution in [2.24, 2.45) is 5.73 Å². The summed E-state index contributed by atoms with van der Waals surface area (Å²) < 4.78 is 32.1. The van der Waals surface area contributed by atoms with Crippen LogP contribution in [0.5, 0.6) is 5.75 Å². The molecule has 3 heterocycles. The quantitative estimate of drug-likeness (QED) is 0.269. The number of hydrazine groups is 1. The number of hydrogen-bond acceptors (Lipinski definition) is 7. The number of rotatable bonds is 8. The third kappa shape index (κ3) is 6.50. The Hall–Kier alpha value is -4.17. The first-order chi connectivity index (χ1) is 20.8. The van der Waals surface area contributed by atoms with Gasteiger partial charge in [0.25, 0.3) is 0 Å². The van der Waals surface area contributed by atoms with Gasteiger partial charge in [0.1, 0.15) is 17.6 Å². The molecule has 17 heteroatoms. The third-order valence-electron chi connectivity index (χ3n) is 7.35. The SMILES string of the molecule is CP(=O)(O)CCNC(=O)Oc1ccc2c(N3CCN4CC[C@@H](C(=O)NCc5cccc(Cl)c5F)N4C3=O)cn(C(N)=O)c2c1. The molecule has 14 nitrogen and oxygen atoms in total. The van der Waals surface area contributed by atoms with E-state index in [0.29, 0.717) is 30.6 Å². The molecule has 234 valence electrons. The van der Waals surface area contributed by atoms with E-state index in [1.165, 1.54) is 47.0 Å². The van der Waals surface area contributed by atoms with Crippen LogP contribution in [0.3, 0.4) is 0 Å². The summed E-state index contributed by atoms with van der Waals surface area (Å²) in [7, 11) is -3.31. The Morgan fingerprint density at radius 3 is 2.68 bits per heavy atom. The molecule has 1 unspecified atom stereocenters. The van der Waals surface area contributed by atoms with E-state index >= 15 is 0 Å². The van der Waals surface area contributed by atoms with Crippen molar-refractivity contribution in [3.8, 4) is 5.75 Å². The van der Waals surface area contributed by atoms with Crippen molar-refractivity contribution < 1.29 is 37.8 Å². The molecule has 2 aliphatic heterocycles. The highest BCUT2D eigenvalue weighted by Gasteiger charge is 2.45. The summed E-state index contributed by atoms with van der Waals surface area (Å²) in [5, 5.41) is 8.61. The smallest absolute Gasteiger partial charge is 0.410 e. The number of nitrogens with one attached hydrogen (secondary N) is 2. The average Bonchev–Trinajstić information content (AvgIpc) is 3.56. The van der Waals surface area contributed by atoms with Gasteiger partial charge in [-0.1, -0.05) is 23.7 Å². The molecular formula is C27H30ClFN7O7P. The second kappa shape index (κ2) is 12.4. The minimum atomic E-state index is -3.31. The van der Waals surface area contributed by atoms with E-state index in [2.05, 4.69) is 10.6 Å². The lowest BCUT2D eigenvalue weighted by molar-refractivity contribution is -0.127. The largest absolute Gasteiger partial charge is 0.412 e. The van der Waals surface area contributed by atoms with Gasteiger partial charge in [-0.15, -0.1) is 0 Å². The lowest BCUT2D eigenvalue weighted by atomic mass is 10.1. The molecule has 2 fully saturated rings. The average molecular weight is 650 g/mol. The lowest BCUT2D eigenvalue weighted by Crippen LogP contribution is -2.61. The minimum absolute atomic E-state index is 0.0604. The number of aromatic nitrogens is 1. The topological polar surface area (TPSA) is 180 Å². The van der Waals surface area contributed by atoms with Crippen molar-refractivity contribution in [1.82, 2.24) is 25.2 Å². The van der Waals surface area contributed by atoms with Crippen LogP contribution in [0.4, 0.5) is 24.5 Å². The van der Waals surface area contributed by atoms with Crippen LogP contribution in [0.2, 0.25) is 5.02 Å². The number of ether oxygens (including phenoxy) is 1. The summed E-state index contributed by atoms with van der Waals surface area (Å²) in [4.78, 5) is 62.3. The molecule has 0 bridgehead atoms. The van der Waals surface area contributed by atoms with Crippen molar-refractivity contribution in [2.75, 3.05) is 43.9 Å². The van der Waals surface area contributed by atoms with Crippen molar-refractivity contribution >= 4 is 59.6 Å². The van der Waals surface area contributed by atoms with Crippen LogP contribution in [0, 0.1) is 5.82 Å². The van der Waals surface area contributed by atoms with Gasteiger partial charge >= 0.3 is 18.2 Å². The predicted octanol–water partition coefficient (Wildman–Crippen LogP) is 2.90. The maximum Gasteiger partial charge on any atom is 0.412 e. The summed E-state index contributed by atoms with van der Waals surface area (Å²) in [5.41, 5.74) is 6.44. The van der Waals surface area contributed by atoms with E-state index in [-0.39, 0.29) is 47.6 Å².